The van der Waals surface area contributed by atoms with Crippen LogP contribution in [0.25, 0.3) is 0 Å². The Kier molecular flexibility index (Phi) is 5.14. The number of nitrogens with one attached hydrogen (secondary N) is 1. The Morgan fingerprint density at radius 1 is 1.58 bits per heavy atom. The van der Waals surface area contributed by atoms with Gasteiger partial charge in [-0.2, -0.15) is 0 Å². The molecule has 0 aliphatic carbocycles. The lowest BCUT2D eigenvalue weighted by Gasteiger charge is -2.24. The highest BCUT2D eigenvalue weighted by Gasteiger charge is 2.34. The highest BCUT2D eigenvalue weighted by Crippen LogP contribution is 2.17. The minimum Gasteiger partial charge on any atom is -0.444 e. The zero-order valence-corrected chi connectivity index (χ0v) is 11.8. The first-order valence-electron chi connectivity index (χ1n) is 6.12. The summed E-state index contributed by atoms with van der Waals surface area (Å²) in [6.45, 7) is 6.68. The van der Waals surface area contributed by atoms with Crippen molar-refractivity contribution in [2.24, 2.45) is 11.1 Å². The van der Waals surface area contributed by atoms with Crippen molar-refractivity contribution < 1.29 is 19.2 Å². The molecule has 19 heavy (non-hydrogen) atoms. The van der Waals surface area contributed by atoms with Gasteiger partial charge in [0, 0.05) is 19.0 Å². The summed E-state index contributed by atoms with van der Waals surface area (Å²) in [7, 11) is 1.45. The number of carbonyl (C=O) groups excluding carboxylic acids is 2. The first-order valence-corrected chi connectivity index (χ1v) is 6.12. The van der Waals surface area contributed by atoms with Gasteiger partial charge in [-0.05, 0) is 20.8 Å². The fraction of sp³-hybridized carbons (Fsp3) is 0.750. The number of ether oxygens (including phenoxy) is 1. The summed E-state index contributed by atoms with van der Waals surface area (Å²) in [4.78, 5) is 28.6. The smallest absolute Gasteiger partial charge is 0.410 e. The van der Waals surface area contributed by atoms with Crippen LogP contribution in [0, 0.1) is 5.92 Å². The number of hydrogen-bond acceptors (Lipinski definition) is 5. The van der Waals surface area contributed by atoms with Gasteiger partial charge in [-0.1, -0.05) is 5.16 Å². The highest BCUT2D eigenvalue weighted by atomic mass is 16.6. The summed E-state index contributed by atoms with van der Waals surface area (Å²) in [5.41, 5.74) is 0.192. The highest BCUT2D eigenvalue weighted by molar-refractivity contribution is 5.93. The van der Waals surface area contributed by atoms with Crippen LogP contribution in [0.5, 0.6) is 0 Å². The van der Waals surface area contributed by atoms with Crippen molar-refractivity contribution in [1.82, 2.24) is 10.2 Å². The molecule has 7 nitrogen and oxygen atoms in total. The number of carbonyl (C=O) groups is 2. The minimum absolute atomic E-state index is 0.0438. The zero-order valence-electron chi connectivity index (χ0n) is 11.8. The van der Waals surface area contributed by atoms with E-state index in [0.717, 1.165) is 5.71 Å². The van der Waals surface area contributed by atoms with Crippen molar-refractivity contribution in [3.63, 3.8) is 0 Å². The molecule has 1 rings (SSSR count). The predicted octanol–water partition coefficient (Wildman–Crippen LogP) is 0.602. The largest absolute Gasteiger partial charge is 0.444 e. The van der Waals surface area contributed by atoms with Crippen LogP contribution in [-0.4, -0.2) is 55.5 Å². The SMILES string of the molecule is CON=C1CN(C(=O)OC(C)(C)C)CC1CNC=O. The van der Waals surface area contributed by atoms with E-state index >= 15 is 0 Å². The minimum atomic E-state index is -0.533. The van der Waals surface area contributed by atoms with Gasteiger partial charge >= 0.3 is 6.09 Å². The van der Waals surface area contributed by atoms with Crippen LogP contribution in [0.4, 0.5) is 4.79 Å². The van der Waals surface area contributed by atoms with Gasteiger partial charge in [0.15, 0.2) is 0 Å². The molecule has 1 atom stereocenters. The Bertz CT molecular complexity index is 362. The van der Waals surface area contributed by atoms with E-state index in [1.54, 1.807) is 4.90 Å². The van der Waals surface area contributed by atoms with E-state index in [0.29, 0.717) is 26.0 Å². The summed E-state index contributed by atoms with van der Waals surface area (Å²) in [5.74, 6) is -0.0438. The summed E-state index contributed by atoms with van der Waals surface area (Å²) < 4.78 is 5.30. The van der Waals surface area contributed by atoms with Crippen molar-refractivity contribution in [1.29, 1.82) is 0 Å². The standard InChI is InChI=1S/C12H21N3O4/c1-12(2,3)19-11(17)15-6-9(5-13-8-16)10(7-15)14-18-4/h8-9H,5-7H2,1-4H3,(H,13,16). The number of rotatable bonds is 4. The number of oxime groups is 1. The van der Waals surface area contributed by atoms with Crippen molar-refractivity contribution >= 4 is 18.2 Å². The van der Waals surface area contributed by atoms with E-state index in [9.17, 15) is 9.59 Å². The monoisotopic (exact) mass is 271 g/mol. The summed E-state index contributed by atoms with van der Waals surface area (Å²) in [5, 5.41) is 6.49. The van der Waals surface area contributed by atoms with Gasteiger partial charge in [-0.15, -0.1) is 0 Å². The number of likely N-dealkylation sites (tertiary alicyclic amines) is 1. The van der Waals surface area contributed by atoms with Gasteiger partial charge in [0.05, 0.1) is 12.3 Å². The molecule has 0 aromatic heterocycles. The van der Waals surface area contributed by atoms with E-state index in [2.05, 4.69) is 10.5 Å². The van der Waals surface area contributed by atoms with Gasteiger partial charge in [-0.25, -0.2) is 4.79 Å². The molecule has 1 fully saturated rings. The number of hydrogen-bond donors (Lipinski definition) is 1. The van der Waals surface area contributed by atoms with Crippen LogP contribution in [0.3, 0.4) is 0 Å². The topological polar surface area (TPSA) is 80.2 Å². The van der Waals surface area contributed by atoms with Gasteiger partial charge < -0.3 is 19.8 Å². The Labute approximate surface area is 112 Å². The second kappa shape index (κ2) is 6.40. The van der Waals surface area contributed by atoms with Crippen molar-refractivity contribution in [3.8, 4) is 0 Å². The first kappa shape index (κ1) is 15.3. The van der Waals surface area contributed by atoms with Gasteiger partial charge in [0.1, 0.15) is 12.7 Å². The Hall–Kier alpha value is -1.79. The van der Waals surface area contributed by atoms with Crippen LogP contribution < -0.4 is 5.32 Å². The Morgan fingerprint density at radius 3 is 2.79 bits per heavy atom. The van der Waals surface area contributed by atoms with Crippen molar-refractivity contribution in [3.05, 3.63) is 0 Å². The molecule has 0 spiro atoms. The quantitative estimate of drug-likeness (QED) is 0.600. The molecule has 1 N–H and O–H groups in total. The zero-order chi connectivity index (χ0) is 14.5. The number of amides is 2. The lowest BCUT2D eigenvalue weighted by molar-refractivity contribution is -0.109. The van der Waals surface area contributed by atoms with Crippen LogP contribution >= 0.6 is 0 Å². The van der Waals surface area contributed by atoms with Gasteiger partial charge in [-0.3, -0.25) is 4.79 Å². The van der Waals surface area contributed by atoms with E-state index in [4.69, 9.17) is 9.57 Å². The maximum Gasteiger partial charge on any atom is 0.410 e. The Morgan fingerprint density at radius 2 is 2.26 bits per heavy atom. The van der Waals surface area contributed by atoms with Crippen LogP contribution in [0.15, 0.2) is 5.16 Å². The molecule has 1 aliphatic heterocycles. The molecule has 0 bridgehead atoms. The van der Waals surface area contributed by atoms with Gasteiger partial charge in [0.2, 0.25) is 6.41 Å². The van der Waals surface area contributed by atoms with Crippen LogP contribution in [0.2, 0.25) is 0 Å². The molecular weight excluding hydrogens is 250 g/mol. The third-order valence-electron chi connectivity index (χ3n) is 2.57. The van der Waals surface area contributed by atoms with E-state index in [-0.39, 0.29) is 12.0 Å². The van der Waals surface area contributed by atoms with E-state index < -0.39 is 5.60 Å². The van der Waals surface area contributed by atoms with Crippen molar-refractivity contribution in [2.45, 2.75) is 26.4 Å². The molecular formula is C12H21N3O4. The third kappa shape index (κ3) is 4.76. The van der Waals surface area contributed by atoms with E-state index in [1.165, 1.54) is 7.11 Å². The lowest BCUT2D eigenvalue weighted by Crippen LogP contribution is -2.36. The summed E-state index contributed by atoms with van der Waals surface area (Å²) >= 11 is 0. The van der Waals surface area contributed by atoms with Crippen molar-refractivity contribution in [2.75, 3.05) is 26.7 Å². The molecule has 0 radical (unpaired) electrons. The molecule has 2 amide bonds. The maximum atomic E-state index is 11.9. The normalized spacial score (nSPS) is 21.4. The molecule has 0 aromatic rings. The molecule has 108 valence electrons. The fourth-order valence-corrected chi connectivity index (χ4v) is 1.82. The molecule has 1 unspecified atom stereocenters. The maximum absolute atomic E-state index is 11.9. The molecule has 7 heteroatoms. The third-order valence-corrected chi connectivity index (χ3v) is 2.57. The molecule has 0 aromatic carbocycles. The van der Waals surface area contributed by atoms with E-state index in [1.807, 2.05) is 20.8 Å². The predicted molar refractivity (Wildman–Crippen MR) is 69.8 cm³/mol. The second-order valence-electron chi connectivity index (χ2n) is 5.35. The first-order chi connectivity index (χ1) is 8.87. The second-order valence-corrected chi connectivity index (χ2v) is 5.35. The average Bonchev–Trinajstić information content (AvgIpc) is 2.68. The fourth-order valence-electron chi connectivity index (χ4n) is 1.82. The summed E-state index contributed by atoms with van der Waals surface area (Å²) in [6.07, 6.45) is 0.241. The molecule has 1 aliphatic rings. The molecule has 1 saturated heterocycles. The average molecular weight is 271 g/mol. The Balaban J connectivity index is 2.66. The van der Waals surface area contributed by atoms with Crippen LogP contribution in [0.1, 0.15) is 20.8 Å². The molecule has 1 heterocycles. The number of nitrogens with zero attached hydrogens (tertiary/aromatic N) is 2. The van der Waals surface area contributed by atoms with Crippen LogP contribution in [-0.2, 0) is 14.4 Å². The molecule has 0 saturated carbocycles. The van der Waals surface area contributed by atoms with Gasteiger partial charge in [0.25, 0.3) is 0 Å². The lowest BCUT2D eigenvalue weighted by atomic mass is 10.1. The summed E-state index contributed by atoms with van der Waals surface area (Å²) in [6, 6.07) is 0.